The molecule has 4 heteroatoms. The van der Waals surface area contributed by atoms with Gasteiger partial charge in [-0.25, -0.2) is 4.79 Å². The second-order valence-electron chi connectivity index (χ2n) is 8.33. The SMILES string of the molecule is CC1CCC(CNCC(CNC(=O)OC(C)(C)C)C(C)C)C1. The number of carbonyl (C=O) groups is 1. The van der Waals surface area contributed by atoms with E-state index in [4.69, 9.17) is 4.74 Å². The smallest absolute Gasteiger partial charge is 0.407 e. The van der Waals surface area contributed by atoms with E-state index in [2.05, 4.69) is 31.4 Å². The van der Waals surface area contributed by atoms with Gasteiger partial charge in [-0.05, 0) is 70.4 Å². The fourth-order valence-corrected chi connectivity index (χ4v) is 3.06. The number of alkyl carbamates (subject to hydrolysis) is 1. The van der Waals surface area contributed by atoms with Crippen molar-refractivity contribution in [2.45, 2.75) is 66.4 Å². The minimum absolute atomic E-state index is 0.317. The van der Waals surface area contributed by atoms with Crippen LogP contribution >= 0.6 is 0 Å². The number of hydrogen-bond acceptors (Lipinski definition) is 3. The van der Waals surface area contributed by atoms with Crippen molar-refractivity contribution in [2.75, 3.05) is 19.6 Å². The number of rotatable bonds is 7. The Morgan fingerprint density at radius 3 is 2.41 bits per heavy atom. The maximum absolute atomic E-state index is 11.8. The first-order valence-corrected chi connectivity index (χ1v) is 8.85. The maximum atomic E-state index is 11.8. The third-order valence-electron chi connectivity index (χ3n) is 4.49. The van der Waals surface area contributed by atoms with Gasteiger partial charge in [0.25, 0.3) is 0 Å². The zero-order valence-corrected chi connectivity index (χ0v) is 15.4. The zero-order valence-electron chi connectivity index (χ0n) is 15.4. The fourth-order valence-electron chi connectivity index (χ4n) is 3.06. The summed E-state index contributed by atoms with van der Waals surface area (Å²) in [7, 11) is 0. The minimum Gasteiger partial charge on any atom is -0.444 e. The summed E-state index contributed by atoms with van der Waals surface area (Å²) in [6.45, 7) is 15.2. The Hall–Kier alpha value is -0.770. The second-order valence-corrected chi connectivity index (χ2v) is 8.33. The maximum Gasteiger partial charge on any atom is 0.407 e. The summed E-state index contributed by atoms with van der Waals surface area (Å²) in [6.07, 6.45) is 3.77. The quantitative estimate of drug-likeness (QED) is 0.751. The van der Waals surface area contributed by atoms with Crippen LogP contribution in [-0.2, 0) is 4.74 Å². The highest BCUT2D eigenvalue weighted by Crippen LogP contribution is 2.29. The van der Waals surface area contributed by atoms with Crippen molar-refractivity contribution in [1.29, 1.82) is 0 Å². The van der Waals surface area contributed by atoms with Gasteiger partial charge >= 0.3 is 6.09 Å². The topological polar surface area (TPSA) is 50.4 Å². The van der Waals surface area contributed by atoms with Crippen LogP contribution in [0.1, 0.15) is 60.8 Å². The van der Waals surface area contributed by atoms with Crippen molar-refractivity contribution in [3.05, 3.63) is 0 Å². The van der Waals surface area contributed by atoms with Gasteiger partial charge in [0.2, 0.25) is 0 Å². The van der Waals surface area contributed by atoms with Gasteiger partial charge in [-0.3, -0.25) is 0 Å². The van der Waals surface area contributed by atoms with Gasteiger partial charge in [-0.2, -0.15) is 0 Å². The third-order valence-corrected chi connectivity index (χ3v) is 4.49. The first kappa shape index (κ1) is 19.3. The van der Waals surface area contributed by atoms with Crippen LogP contribution in [0.15, 0.2) is 0 Å². The molecule has 0 aromatic carbocycles. The molecule has 1 amide bonds. The van der Waals surface area contributed by atoms with Crippen LogP contribution in [0.5, 0.6) is 0 Å². The van der Waals surface area contributed by atoms with Crippen molar-refractivity contribution in [1.82, 2.24) is 10.6 Å². The molecule has 0 spiro atoms. The molecule has 0 bridgehead atoms. The van der Waals surface area contributed by atoms with Crippen molar-refractivity contribution < 1.29 is 9.53 Å². The molecule has 1 aliphatic carbocycles. The Labute approximate surface area is 136 Å². The van der Waals surface area contributed by atoms with Gasteiger partial charge in [-0.1, -0.05) is 27.2 Å². The molecule has 1 aliphatic rings. The highest BCUT2D eigenvalue weighted by atomic mass is 16.6. The normalized spacial score (nSPS) is 23.6. The van der Waals surface area contributed by atoms with E-state index in [0.717, 1.165) is 24.9 Å². The van der Waals surface area contributed by atoms with E-state index in [9.17, 15) is 4.79 Å². The molecule has 2 N–H and O–H groups in total. The third kappa shape index (κ3) is 8.02. The Morgan fingerprint density at radius 2 is 1.91 bits per heavy atom. The van der Waals surface area contributed by atoms with Crippen LogP contribution in [0.3, 0.4) is 0 Å². The number of nitrogens with one attached hydrogen (secondary N) is 2. The van der Waals surface area contributed by atoms with Crippen molar-refractivity contribution in [2.24, 2.45) is 23.7 Å². The molecule has 3 atom stereocenters. The molecule has 0 radical (unpaired) electrons. The lowest BCUT2D eigenvalue weighted by Crippen LogP contribution is -2.40. The first-order chi connectivity index (χ1) is 10.2. The van der Waals surface area contributed by atoms with Crippen LogP contribution < -0.4 is 10.6 Å². The van der Waals surface area contributed by atoms with Gasteiger partial charge < -0.3 is 15.4 Å². The summed E-state index contributed by atoms with van der Waals surface area (Å²) in [5.41, 5.74) is -0.436. The Morgan fingerprint density at radius 1 is 1.23 bits per heavy atom. The summed E-state index contributed by atoms with van der Waals surface area (Å²) >= 11 is 0. The molecule has 1 fully saturated rings. The molecule has 22 heavy (non-hydrogen) atoms. The molecule has 0 aromatic heterocycles. The summed E-state index contributed by atoms with van der Waals surface area (Å²) in [5.74, 6) is 2.69. The largest absolute Gasteiger partial charge is 0.444 e. The molecular weight excluding hydrogens is 276 g/mol. The fraction of sp³-hybridized carbons (Fsp3) is 0.944. The van der Waals surface area contributed by atoms with Gasteiger partial charge in [0.05, 0.1) is 0 Å². The first-order valence-electron chi connectivity index (χ1n) is 8.85. The highest BCUT2D eigenvalue weighted by molar-refractivity contribution is 5.67. The summed E-state index contributed by atoms with van der Waals surface area (Å²) in [4.78, 5) is 11.8. The van der Waals surface area contributed by atoms with E-state index >= 15 is 0 Å². The molecule has 1 rings (SSSR count). The molecule has 3 unspecified atom stereocenters. The lowest BCUT2D eigenvalue weighted by atomic mass is 9.95. The van der Waals surface area contributed by atoms with Crippen molar-refractivity contribution >= 4 is 6.09 Å². The Balaban J connectivity index is 2.25. The van der Waals surface area contributed by atoms with Crippen LogP contribution in [0.2, 0.25) is 0 Å². The summed E-state index contributed by atoms with van der Waals surface area (Å²) in [6, 6.07) is 0. The predicted molar refractivity (Wildman–Crippen MR) is 91.9 cm³/mol. The van der Waals surface area contributed by atoms with E-state index in [0.29, 0.717) is 18.4 Å². The zero-order chi connectivity index (χ0) is 16.8. The monoisotopic (exact) mass is 312 g/mol. The van der Waals surface area contributed by atoms with E-state index in [1.807, 2.05) is 20.8 Å². The molecule has 0 saturated heterocycles. The van der Waals surface area contributed by atoms with Crippen LogP contribution in [0.25, 0.3) is 0 Å². The predicted octanol–water partition coefficient (Wildman–Crippen LogP) is 3.81. The molecule has 4 nitrogen and oxygen atoms in total. The van der Waals surface area contributed by atoms with Crippen LogP contribution in [-0.4, -0.2) is 31.3 Å². The van der Waals surface area contributed by atoms with Crippen molar-refractivity contribution in [3.63, 3.8) is 0 Å². The number of amides is 1. The molecule has 0 aromatic rings. The van der Waals surface area contributed by atoms with E-state index in [1.165, 1.54) is 19.3 Å². The molecular formula is C18H36N2O2. The Bertz CT molecular complexity index is 336. The van der Waals surface area contributed by atoms with Gasteiger partial charge in [0.1, 0.15) is 5.60 Å². The summed E-state index contributed by atoms with van der Waals surface area (Å²) in [5, 5.41) is 6.51. The van der Waals surface area contributed by atoms with Gasteiger partial charge in [0, 0.05) is 6.54 Å². The lowest BCUT2D eigenvalue weighted by molar-refractivity contribution is 0.0514. The lowest BCUT2D eigenvalue weighted by Gasteiger charge is -2.24. The number of hydrogen-bond donors (Lipinski definition) is 2. The van der Waals surface area contributed by atoms with Crippen LogP contribution in [0, 0.1) is 23.7 Å². The number of carbonyl (C=O) groups excluding carboxylic acids is 1. The molecule has 130 valence electrons. The molecule has 0 aliphatic heterocycles. The van der Waals surface area contributed by atoms with Crippen molar-refractivity contribution in [3.8, 4) is 0 Å². The standard InChI is InChI=1S/C18H36N2O2/c1-13(2)16(12-20-17(21)22-18(4,5)6)11-19-10-15-8-7-14(3)9-15/h13-16,19H,7-12H2,1-6H3,(H,20,21). The van der Waals surface area contributed by atoms with Gasteiger partial charge in [-0.15, -0.1) is 0 Å². The van der Waals surface area contributed by atoms with E-state index in [1.54, 1.807) is 0 Å². The average Bonchev–Trinajstić information content (AvgIpc) is 2.76. The molecule has 1 saturated carbocycles. The number of ether oxygens (including phenoxy) is 1. The minimum atomic E-state index is -0.436. The highest BCUT2D eigenvalue weighted by Gasteiger charge is 2.22. The van der Waals surface area contributed by atoms with E-state index < -0.39 is 5.60 Å². The Kier molecular flexibility index (Phi) is 7.67. The van der Waals surface area contributed by atoms with E-state index in [-0.39, 0.29) is 6.09 Å². The average molecular weight is 312 g/mol. The van der Waals surface area contributed by atoms with Crippen LogP contribution in [0.4, 0.5) is 4.79 Å². The molecule has 0 heterocycles. The second kappa shape index (κ2) is 8.76. The summed E-state index contributed by atoms with van der Waals surface area (Å²) < 4.78 is 5.29. The van der Waals surface area contributed by atoms with Gasteiger partial charge in [0.15, 0.2) is 0 Å².